The van der Waals surface area contributed by atoms with Crippen molar-refractivity contribution in [3.8, 4) is 0 Å². The molecule has 0 spiro atoms. The third-order valence-corrected chi connectivity index (χ3v) is 2.73. The highest BCUT2D eigenvalue weighted by molar-refractivity contribution is 9.13. The molecule has 0 aliphatic carbocycles. The molecule has 1 aromatic rings. The number of aromatic nitrogens is 1. The molecule has 0 saturated heterocycles. The number of nitrogens with zero attached hydrogens (tertiary/aromatic N) is 1. The Labute approximate surface area is 68.6 Å². The molecule has 0 fully saturated rings. The molecule has 0 radical (unpaired) electrons. The Kier molecular flexibility index (Phi) is 2.18. The van der Waals surface area contributed by atoms with Crippen molar-refractivity contribution in [3.05, 3.63) is 27.2 Å². The number of pyridine rings is 1. The zero-order chi connectivity index (χ0) is 6.85. The third kappa shape index (κ3) is 1.49. The van der Waals surface area contributed by atoms with Crippen molar-refractivity contribution < 1.29 is 4.39 Å². The fourth-order valence-corrected chi connectivity index (χ4v) is 0.908. The Bertz CT molecular complexity index is 206. The number of hydrogen-bond donors (Lipinski definition) is 0. The van der Waals surface area contributed by atoms with Gasteiger partial charge >= 0.3 is 0 Å². The van der Waals surface area contributed by atoms with Crippen molar-refractivity contribution >= 4 is 31.9 Å². The van der Waals surface area contributed by atoms with Gasteiger partial charge in [-0.2, -0.15) is 0 Å². The molecule has 1 aromatic heterocycles. The Morgan fingerprint density at radius 1 is 1.33 bits per heavy atom. The lowest BCUT2D eigenvalue weighted by molar-refractivity contribution is 0.613. The highest BCUT2D eigenvalue weighted by Gasteiger charge is 2.00. The molecule has 0 atom stereocenters. The van der Waals surface area contributed by atoms with E-state index in [1.54, 1.807) is 0 Å². The number of hydrogen-bond acceptors (Lipinski definition) is 1. The minimum Gasteiger partial charge on any atom is -0.260 e. The van der Waals surface area contributed by atoms with Gasteiger partial charge in [0.15, 0.2) is 5.82 Å². The second kappa shape index (κ2) is 2.75. The lowest BCUT2D eigenvalue weighted by atomic mass is 10.5. The smallest absolute Gasteiger partial charge is 0.156 e. The molecule has 1 nitrogen and oxygen atoms in total. The van der Waals surface area contributed by atoms with Gasteiger partial charge in [0.05, 0.1) is 15.1 Å². The molecule has 0 unspecified atom stereocenters. The summed E-state index contributed by atoms with van der Waals surface area (Å²) < 4.78 is 13.5. The van der Waals surface area contributed by atoms with Gasteiger partial charge in [0.2, 0.25) is 0 Å². The molecule has 1 rings (SSSR count). The molecule has 0 amide bonds. The third-order valence-electron chi connectivity index (χ3n) is 0.795. The standard InChI is InChI=1S/C5H2Br2FN/c6-3-1-9-2-4(8)5(3)7/h1-2H. The van der Waals surface area contributed by atoms with Crippen LogP contribution in [0.25, 0.3) is 0 Å². The minimum absolute atomic E-state index is 0.357. The van der Waals surface area contributed by atoms with Crippen LogP contribution >= 0.6 is 31.9 Å². The van der Waals surface area contributed by atoms with Crippen molar-refractivity contribution in [2.24, 2.45) is 0 Å². The fraction of sp³-hybridized carbons (Fsp3) is 0. The largest absolute Gasteiger partial charge is 0.260 e. The SMILES string of the molecule is Fc1cncc(Br)c1Br. The topological polar surface area (TPSA) is 12.9 Å². The predicted octanol–water partition coefficient (Wildman–Crippen LogP) is 2.75. The van der Waals surface area contributed by atoms with Crippen molar-refractivity contribution in [2.45, 2.75) is 0 Å². The van der Waals surface area contributed by atoms with Gasteiger partial charge in [0.1, 0.15) is 0 Å². The minimum atomic E-state index is -0.357. The normalized spacial score (nSPS) is 9.67. The van der Waals surface area contributed by atoms with E-state index in [1.165, 1.54) is 6.20 Å². The summed E-state index contributed by atoms with van der Waals surface area (Å²) >= 11 is 6.11. The Morgan fingerprint density at radius 2 is 2.00 bits per heavy atom. The van der Waals surface area contributed by atoms with Crippen LogP contribution in [-0.4, -0.2) is 4.98 Å². The lowest BCUT2D eigenvalue weighted by Gasteiger charge is -1.93. The summed E-state index contributed by atoms with van der Waals surface area (Å²) in [5.41, 5.74) is 0. The first kappa shape index (κ1) is 7.15. The van der Waals surface area contributed by atoms with Crippen LogP contribution in [-0.2, 0) is 0 Å². The first-order valence-corrected chi connectivity index (χ1v) is 3.75. The molecule has 0 N–H and O–H groups in total. The molecule has 9 heavy (non-hydrogen) atoms. The summed E-state index contributed by atoms with van der Waals surface area (Å²) in [6.45, 7) is 0. The van der Waals surface area contributed by atoms with Crippen molar-refractivity contribution in [3.63, 3.8) is 0 Å². The molecular formula is C5H2Br2FN. The highest BCUT2D eigenvalue weighted by Crippen LogP contribution is 2.23. The van der Waals surface area contributed by atoms with Crippen LogP contribution in [0.5, 0.6) is 0 Å². The van der Waals surface area contributed by atoms with Crippen LogP contribution in [0.3, 0.4) is 0 Å². The van der Waals surface area contributed by atoms with E-state index in [1.807, 2.05) is 0 Å². The van der Waals surface area contributed by atoms with Crippen LogP contribution in [0, 0.1) is 5.82 Å². The molecule has 1 heterocycles. The summed E-state index contributed by atoms with van der Waals surface area (Å²) in [7, 11) is 0. The van der Waals surface area contributed by atoms with Crippen LogP contribution in [0.2, 0.25) is 0 Å². The van der Waals surface area contributed by atoms with Gasteiger partial charge < -0.3 is 0 Å². The van der Waals surface area contributed by atoms with Crippen LogP contribution in [0.4, 0.5) is 4.39 Å². The van der Waals surface area contributed by atoms with E-state index < -0.39 is 0 Å². The molecule has 0 aromatic carbocycles. The van der Waals surface area contributed by atoms with Gasteiger partial charge in [-0.3, -0.25) is 4.98 Å². The van der Waals surface area contributed by atoms with E-state index in [9.17, 15) is 4.39 Å². The molecule has 4 heteroatoms. The van der Waals surface area contributed by atoms with Gasteiger partial charge in [-0.1, -0.05) is 0 Å². The van der Waals surface area contributed by atoms with Gasteiger partial charge in [-0.15, -0.1) is 0 Å². The maximum atomic E-state index is 12.4. The van der Waals surface area contributed by atoms with Crippen molar-refractivity contribution in [2.75, 3.05) is 0 Å². The maximum Gasteiger partial charge on any atom is 0.156 e. The van der Waals surface area contributed by atoms with Crippen LogP contribution in [0.15, 0.2) is 21.3 Å². The summed E-state index contributed by atoms with van der Waals surface area (Å²) in [5.74, 6) is -0.357. The molecule has 0 aliphatic heterocycles. The van der Waals surface area contributed by atoms with Crippen molar-refractivity contribution in [1.29, 1.82) is 0 Å². The summed E-state index contributed by atoms with van der Waals surface area (Å²) in [4.78, 5) is 3.59. The van der Waals surface area contributed by atoms with E-state index in [0.717, 1.165) is 6.20 Å². The second-order valence-electron chi connectivity index (χ2n) is 1.42. The van der Waals surface area contributed by atoms with E-state index >= 15 is 0 Å². The zero-order valence-corrected chi connectivity index (χ0v) is 7.41. The van der Waals surface area contributed by atoms with E-state index in [0.29, 0.717) is 8.95 Å². The fourth-order valence-electron chi connectivity index (χ4n) is 0.396. The highest BCUT2D eigenvalue weighted by atomic mass is 79.9. The molecular weight excluding hydrogens is 253 g/mol. The first-order valence-electron chi connectivity index (χ1n) is 2.16. The average molecular weight is 255 g/mol. The summed E-state index contributed by atoms with van der Waals surface area (Å²) in [6.07, 6.45) is 2.67. The number of rotatable bonds is 0. The maximum absolute atomic E-state index is 12.4. The first-order chi connectivity index (χ1) is 4.22. The molecule has 48 valence electrons. The van der Waals surface area contributed by atoms with E-state index in [2.05, 4.69) is 36.8 Å². The van der Waals surface area contributed by atoms with Crippen LogP contribution in [0.1, 0.15) is 0 Å². The van der Waals surface area contributed by atoms with Crippen LogP contribution < -0.4 is 0 Å². The summed E-state index contributed by atoms with van der Waals surface area (Å²) in [6, 6.07) is 0. The molecule has 0 bridgehead atoms. The van der Waals surface area contributed by atoms with Gasteiger partial charge in [0.25, 0.3) is 0 Å². The Morgan fingerprint density at radius 3 is 2.44 bits per heavy atom. The van der Waals surface area contributed by atoms with E-state index in [-0.39, 0.29) is 5.82 Å². The molecule has 0 saturated carbocycles. The second-order valence-corrected chi connectivity index (χ2v) is 3.06. The van der Waals surface area contributed by atoms with Crippen molar-refractivity contribution in [1.82, 2.24) is 4.98 Å². The van der Waals surface area contributed by atoms with Gasteiger partial charge in [-0.25, -0.2) is 4.39 Å². The Balaban J connectivity index is 3.25. The molecule has 0 aliphatic rings. The zero-order valence-electron chi connectivity index (χ0n) is 4.24. The van der Waals surface area contributed by atoms with Gasteiger partial charge in [-0.05, 0) is 31.9 Å². The number of halogens is 3. The Hall–Kier alpha value is 0.0400. The monoisotopic (exact) mass is 253 g/mol. The quantitative estimate of drug-likeness (QED) is 0.694. The summed E-state index contributed by atoms with van der Waals surface area (Å²) in [5, 5.41) is 0. The predicted molar refractivity (Wildman–Crippen MR) is 39.6 cm³/mol. The average Bonchev–Trinajstić information content (AvgIpc) is 1.83. The van der Waals surface area contributed by atoms with Gasteiger partial charge in [0, 0.05) is 6.20 Å². The lowest BCUT2D eigenvalue weighted by Crippen LogP contribution is -1.79. The van der Waals surface area contributed by atoms with E-state index in [4.69, 9.17) is 0 Å².